The Balaban J connectivity index is 1.94. The molecule has 0 saturated carbocycles. The predicted molar refractivity (Wildman–Crippen MR) is 117 cm³/mol. The third-order valence-electron chi connectivity index (χ3n) is 5.59. The maximum atomic E-state index is 6.31. The van der Waals surface area contributed by atoms with Gasteiger partial charge in [-0.05, 0) is 56.5 Å². The van der Waals surface area contributed by atoms with E-state index >= 15 is 0 Å². The molecule has 0 unspecified atom stereocenters. The van der Waals surface area contributed by atoms with Crippen LogP contribution in [0.1, 0.15) is 50.9 Å². The highest BCUT2D eigenvalue weighted by Crippen LogP contribution is 2.40. The average molecular weight is 384 g/mol. The number of aryl methyl sites for hydroxylation is 1. The van der Waals surface area contributed by atoms with Crippen molar-refractivity contribution in [2.45, 2.75) is 46.6 Å². The minimum Gasteiger partial charge on any atom is -0.437 e. The first-order valence-corrected chi connectivity index (χ1v) is 10.1. The molecule has 5 aromatic rings. The summed E-state index contributed by atoms with van der Waals surface area (Å²) in [6.45, 7) is 10.8. The van der Waals surface area contributed by atoms with Crippen LogP contribution in [0.5, 0.6) is 0 Å². The van der Waals surface area contributed by atoms with Gasteiger partial charge < -0.3 is 8.98 Å². The molecular weight excluding hydrogens is 360 g/mol. The van der Waals surface area contributed by atoms with E-state index in [0.29, 0.717) is 11.6 Å². The number of nitrogens with zero attached hydrogens (tertiary/aromatic N) is 4. The lowest BCUT2D eigenvalue weighted by Crippen LogP contribution is -2.05. The molecule has 1 aromatic carbocycles. The van der Waals surface area contributed by atoms with Crippen molar-refractivity contribution in [3.8, 4) is 11.4 Å². The van der Waals surface area contributed by atoms with Crippen molar-refractivity contribution in [2.75, 3.05) is 0 Å². The maximum Gasteiger partial charge on any atom is 0.227 e. The van der Waals surface area contributed by atoms with Crippen molar-refractivity contribution < 1.29 is 4.42 Å². The van der Waals surface area contributed by atoms with Crippen LogP contribution >= 0.6 is 0 Å². The van der Waals surface area contributed by atoms with Crippen LogP contribution in [0, 0.1) is 6.92 Å². The molecule has 0 atom stereocenters. The van der Waals surface area contributed by atoms with E-state index in [1.165, 1.54) is 5.56 Å². The summed E-state index contributed by atoms with van der Waals surface area (Å²) in [4.78, 5) is 14.0. The number of benzene rings is 1. The van der Waals surface area contributed by atoms with E-state index in [-0.39, 0.29) is 6.04 Å². The van der Waals surface area contributed by atoms with Gasteiger partial charge in [-0.3, -0.25) is 4.98 Å². The lowest BCUT2D eigenvalue weighted by atomic mass is 9.95. The number of rotatable bonds is 3. The second-order valence-corrected chi connectivity index (χ2v) is 8.18. The molecule has 5 rings (SSSR count). The van der Waals surface area contributed by atoms with Crippen molar-refractivity contribution in [1.82, 2.24) is 19.5 Å². The van der Waals surface area contributed by atoms with Crippen LogP contribution in [-0.2, 0) is 0 Å². The van der Waals surface area contributed by atoms with Crippen LogP contribution in [0.2, 0.25) is 0 Å². The standard InChI is InChI=1S/C24H24N4O/c1-13(2)16-8-9-18(22-20(16)17-7-6-11-26-24(17)29-22)23-27-19-10-12-25-15(5)21(19)28(23)14(3)4/h6-14H,1-5H3. The van der Waals surface area contributed by atoms with Gasteiger partial charge in [0.05, 0.1) is 22.3 Å². The minimum absolute atomic E-state index is 0.236. The average Bonchev–Trinajstić information content (AvgIpc) is 3.27. The smallest absolute Gasteiger partial charge is 0.227 e. The van der Waals surface area contributed by atoms with Crippen LogP contribution in [0.15, 0.2) is 47.1 Å². The fourth-order valence-electron chi connectivity index (χ4n) is 4.30. The number of imidazole rings is 1. The van der Waals surface area contributed by atoms with Crippen LogP contribution in [-0.4, -0.2) is 19.5 Å². The molecule has 0 fully saturated rings. The summed E-state index contributed by atoms with van der Waals surface area (Å²) in [5, 5.41) is 2.19. The quantitative estimate of drug-likeness (QED) is 0.361. The Morgan fingerprint density at radius 2 is 1.79 bits per heavy atom. The van der Waals surface area contributed by atoms with E-state index in [0.717, 1.165) is 44.5 Å². The van der Waals surface area contributed by atoms with Crippen LogP contribution in [0.3, 0.4) is 0 Å². The fraction of sp³-hybridized carbons (Fsp3) is 0.292. The van der Waals surface area contributed by atoms with E-state index in [1.807, 2.05) is 25.3 Å². The third-order valence-corrected chi connectivity index (χ3v) is 5.59. The molecule has 4 heterocycles. The Hall–Kier alpha value is -3.21. The number of pyridine rings is 2. The lowest BCUT2D eigenvalue weighted by molar-refractivity contribution is 0.619. The van der Waals surface area contributed by atoms with Crippen molar-refractivity contribution in [3.63, 3.8) is 0 Å². The molecule has 0 N–H and O–H groups in total. The number of fused-ring (bicyclic) bond motifs is 4. The monoisotopic (exact) mass is 384 g/mol. The van der Waals surface area contributed by atoms with Crippen LogP contribution in [0.25, 0.3) is 44.5 Å². The number of aromatic nitrogens is 4. The number of furan rings is 1. The largest absolute Gasteiger partial charge is 0.437 e. The zero-order valence-corrected chi connectivity index (χ0v) is 17.4. The SMILES string of the molecule is Cc1nccc2nc(-c3ccc(C(C)C)c4c3oc3ncccc34)n(C(C)C)c12. The minimum atomic E-state index is 0.236. The molecule has 5 heteroatoms. The van der Waals surface area contributed by atoms with E-state index in [1.54, 1.807) is 6.20 Å². The molecule has 0 aliphatic heterocycles. The van der Waals surface area contributed by atoms with Crippen molar-refractivity contribution >= 4 is 33.1 Å². The van der Waals surface area contributed by atoms with Crippen molar-refractivity contribution in [2.24, 2.45) is 0 Å². The Kier molecular flexibility index (Phi) is 3.95. The first kappa shape index (κ1) is 17.9. The van der Waals surface area contributed by atoms with Gasteiger partial charge in [-0.2, -0.15) is 0 Å². The molecule has 0 spiro atoms. The summed E-state index contributed by atoms with van der Waals surface area (Å²) in [7, 11) is 0. The molecule has 0 amide bonds. The van der Waals surface area contributed by atoms with E-state index < -0.39 is 0 Å². The third kappa shape index (κ3) is 2.57. The van der Waals surface area contributed by atoms with Gasteiger partial charge in [-0.25, -0.2) is 9.97 Å². The second-order valence-electron chi connectivity index (χ2n) is 8.18. The molecular formula is C24H24N4O. The first-order chi connectivity index (χ1) is 14.0. The topological polar surface area (TPSA) is 56.7 Å². The van der Waals surface area contributed by atoms with Gasteiger partial charge in [0.25, 0.3) is 0 Å². The van der Waals surface area contributed by atoms with Crippen LogP contribution < -0.4 is 0 Å². The van der Waals surface area contributed by atoms with Gasteiger partial charge in [0.2, 0.25) is 5.71 Å². The van der Waals surface area contributed by atoms with Gasteiger partial charge in [0, 0.05) is 29.2 Å². The maximum absolute atomic E-state index is 6.31. The zero-order valence-electron chi connectivity index (χ0n) is 17.4. The molecule has 0 aliphatic rings. The van der Waals surface area contributed by atoms with Gasteiger partial charge in [-0.15, -0.1) is 0 Å². The molecule has 29 heavy (non-hydrogen) atoms. The summed E-state index contributed by atoms with van der Waals surface area (Å²) in [5.74, 6) is 1.29. The highest BCUT2D eigenvalue weighted by molar-refractivity contribution is 6.10. The Bertz CT molecular complexity index is 1370. The van der Waals surface area contributed by atoms with E-state index in [4.69, 9.17) is 9.40 Å². The van der Waals surface area contributed by atoms with Crippen molar-refractivity contribution in [3.05, 3.63) is 54.0 Å². The highest BCUT2D eigenvalue weighted by atomic mass is 16.3. The molecule has 0 saturated heterocycles. The predicted octanol–water partition coefficient (Wildman–Crippen LogP) is 6.41. The van der Waals surface area contributed by atoms with Gasteiger partial charge in [-0.1, -0.05) is 19.9 Å². The van der Waals surface area contributed by atoms with E-state index in [2.05, 4.69) is 60.4 Å². The van der Waals surface area contributed by atoms with Crippen molar-refractivity contribution in [1.29, 1.82) is 0 Å². The zero-order chi connectivity index (χ0) is 20.3. The van der Waals surface area contributed by atoms with Gasteiger partial charge in [0.1, 0.15) is 11.4 Å². The Labute approximate surface area is 169 Å². The Morgan fingerprint density at radius 1 is 0.966 bits per heavy atom. The Morgan fingerprint density at radius 3 is 2.55 bits per heavy atom. The van der Waals surface area contributed by atoms with Crippen LogP contribution in [0.4, 0.5) is 0 Å². The fourth-order valence-corrected chi connectivity index (χ4v) is 4.30. The summed E-state index contributed by atoms with van der Waals surface area (Å²) in [6.07, 6.45) is 3.60. The molecule has 4 aromatic heterocycles. The summed E-state index contributed by atoms with van der Waals surface area (Å²) in [6, 6.07) is 10.6. The second kappa shape index (κ2) is 6.41. The normalized spacial score (nSPS) is 12.2. The molecule has 0 bridgehead atoms. The molecule has 5 nitrogen and oxygen atoms in total. The van der Waals surface area contributed by atoms with E-state index in [9.17, 15) is 0 Å². The number of hydrogen-bond donors (Lipinski definition) is 0. The van der Waals surface area contributed by atoms with Gasteiger partial charge >= 0.3 is 0 Å². The molecule has 146 valence electrons. The summed E-state index contributed by atoms with van der Waals surface area (Å²) >= 11 is 0. The summed E-state index contributed by atoms with van der Waals surface area (Å²) in [5.41, 5.74) is 6.79. The molecule has 0 radical (unpaired) electrons. The highest BCUT2D eigenvalue weighted by Gasteiger charge is 2.23. The molecule has 0 aliphatic carbocycles. The summed E-state index contributed by atoms with van der Waals surface area (Å²) < 4.78 is 8.58. The lowest BCUT2D eigenvalue weighted by Gasteiger charge is -2.15. The number of hydrogen-bond acceptors (Lipinski definition) is 4. The first-order valence-electron chi connectivity index (χ1n) is 10.1. The van der Waals surface area contributed by atoms with Gasteiger partial charge in [0.15, 0.2) is 0 Å².